The summed E-state index contributed by atoms with van der Waals surface area (Å²) in [6.07, 6.45) is 0. The summed E-state index contributed by atoms with van der Waals surface area (Å²) in [7, 11) is 0. The normalized spacial score (nSPS) is 10.8. The van der Waals surface area contributed by atoms with E-state index in [4.69, 9.17) is 16.7 Å². The topological polar surface area (TPSA) is 55.1 Å². The van der Waals surface area contributed by atoms with Crippen LogP contribution in [0, 0.1) is 0 Å². The molecule has 0 aliphatic carbocycles. The monoisotopic (exact) mass is 224 g/mol. The lowest BCUT2D eigenvalue weighted by atomic mass is 10.2. The second-order valence-corrected chi connectivity index (χ2v) is 3.50. The van der Waals surface area contributed by atoms with Crippen molar-refractivity contribution in [2.24, 2.45) is 0 Å². The predicted molar refractivity (Wildman–Crippen MR) is 57.4 cm³/mol. The number of aromatic nitrogens is 2. The zero-order valence-corrected chi connectivity index (χ0v) is 8.82. The van der Waals surface area contributed by atoms with Gasteiger partial charge in [-0.25, -0.2) is 4.79 Å². The molecule has 0 fully saturated rings. The molecule has 0 aliphatic rings. The molecule has 1 aromatic carbocycles. The summed E-state index contributed by atoms with van der Waals surface area (Å²) in [5, 5.41) is 14.3. The van der Waals surface area contributed by atoms with Gasteiger partial charge in [-0.3, -0.25) is 4.68 Å². The number of hydrogen-bond acceptors (Lipinski definition) is 2. The van der Waals surface area contributed by atoms with Crippen molar-refractivity contribution in [1.82, 2.24) is 9.78 Å². The Hall–Kier alpha value is -1.55. The molecule has 1 aromatic heterocycles. The molecule has 0 aliphatic heterocycles. The second kappa shape index (κ2) is 3.55. The van der Waals surface area contributed by atoms with Gasteiger partial charge in [0, 0.05) is 11.9 Å². The van der Waals surface area contributed by atoms with Crippen molar-refractivity contribution < 1.29 is 9.90 Å². The van der Waals surface area contributed by atoms with E-state index in [-0.39, 0.29) is 5.56 Å². The molecule has 0 bridgehead atoms. The van der Waals surface area contributed by atoms with E-state index < -0.39 is 5.97 Å². The number of carbonyl (C=O) groups is 1. The quantitative estimate of drug-likeness (QED) is 0.852. The molecule has 0 saturated heterocycles. The lowest BCUT2D eigenvalue weighted by Gasteiger charge is -1.94. The molecule has 0 atom stereocenters. The molecule has 0 spiro atoms. The number of hydrogen-bond donors (Lipinski definition) is 1. The number of halogens is 1. The fraction of sp³-hybridized carbons (Fsp3) is 0.200. The molecule has 0 saturated carbocycles. The summed E-state index contributed by atoms with van der Waals surface area (Å²) in [4.78, 5) is 10.7. The van der Waals surface area contributed by atoms with E-state index in [1.807, 2.05) is 6.92 Å². The lowest BCUT2D eigenvalue weighted by Crippen LogP contribution is -1.96. The van der Waals surface area contributed by atoms with Gasteiger partial charge in [0.05, 0.1) is 11.1 Å². The molecule has 2 rings (SSSR count). The Bertz CT molecular complexity index is 533. The predicted octanol–water partition coefficient (Wildman–Crippen LogP) is 2.41. The molecule has 0 radical (unpaired) electrons. The van der Waals surface area contributed by atoms with Gasteiger partial charge < -0.3 is 5.11 Å². The van der Waals surface area contributed by atoms with Crippen molar-refractivity contribution in [1.29, 1.82) is 0 Å². The highest BCUT2D eigenvalue weighted by atomic mass is 35.5. The van der Waals surface area contributed by atoms with Crippen LogP contribution in [0.5, 0.6) is 0 Å². The van der Waals surface area contributed by atoms with E-state index in [1.165, 1.54) is 12.1 Å². The molecular weight excluding hydrogens is 216 g/mol. The van der Waals surface area contributed by atoms with Crippen molar-refractivity contribution in [3.8, 4) is 0 Å². The largest absolute Gasteiger partial charge is 0.478 e. The fourth-order valence-corrected chi connectivity index (χ4v) is 1.76. The molecule has 5 heteroatoms. The maximum absolute atomic E-state index is 10.7. The van der Waals surface area contributed by atoms with E-state index in [0.717, 1.165) is 5.39 Å². The van der Waals surface area contributed by atoms with Crippen LogP contribution < -0.4 is 0 Å². The lowest BCUT2D eigenvalue weighted by molar-refractivity contribution is 0.0697. The van der Waals surface area contributed by atoms with Crippen molar-refractivity contribution in [3.05, 3.63) is 28.9 Å². The number of fused-ring (bicyclic) bond motifs is 1. The SMILES string of the molecule is CCn1nc2cc(C(=O)O)ccc2c1Cl. The average Bonchev–Trinajstić information content (AvgIpc) is 2.55. The van der Waals surface area contributed by atoms with Gasteiger partial charge in [0.15, 0.2) is 0 Å². The maximum atomic E-state index is 10.7. The molecule has 4 nitrogen and oxygen atoms in total. The van der Waals surface area contributed by atoms with Gasteiger partial charge in [-0.05, 0) is 25.1 Å². The Morgan fingerprint density at radius 1 is 1.60 bits per heavy atom. The van der Waals surface area contributed by atoms with E-state index >= 15 is 0 Å². The standard InChI is InChI=1S/C10H9ClN2O2/c1-2-13-9(11)7-4-3-6(10(14)15)5-8(7)12-13/h3-5H,2H2,1H3,(H,14,15). The third-order valence-corrected chi connectivity index (χ3v) is 2.62. The van der Waals surface area contributed by atoms with Crippen LogP contribution in [0.25, 0.3) is 10.9 Å². The third-order valence-electron chi connectivity index (χ3n) is 2.22. The van der Waals surface area contributed by atoms with Gasteiger partial charge in [0.1, 0.15) is 5.15 Å². The average molecular weight is 225 g/mol. The first kappa shape index (κ1) is 9.98. The van der Waals surface area contributed by atoms with Crippen LogP contribution in [-0.4, -0.2) is 20.9 Å². The van der Waals surface area contributed by atoms with Gasteiger partial charge in [-0.1, -0.05) is 11.6 Å². The number of carboxylic acid groups (broad SMARTS) is 1. The number of nitrogens with zero attached hydrogens (tertiary/aromatic N) is 2. The molecule has 15 heavy (non-hydrogen) atoms. The van der Waals surface area contributed by atoms with Gasteiger partial charge in [-0.2, -0.15) is 5.10 Å². The minimum atomic E-state index is -0.959. The van der Waals surface area contributed by atoms with Crippen LogP contribution >= 0.6 is 11.6 Å². The smallest absolute Gasteiger partial charge is 0.335 e. The van der Waals surface area contributed by atoms with Crippen LogP contribution in [-0.2, 0) is 6.54 Å². The minimum absolute atomic E-state index is 0.222. The summed E-state index contributed by atoms with van der Waals surface area (Å²) in [5.74, 6) is -0.959. The van der Waals surface area contributed by atoms with Crippen LogP contribution in [0.4, 0.5) is 0 Å². The number of benzene rings is 1. The summed E-state index contributed by atoms with van der Waals surface area (Å²) in [6, 6.07) is 4.73. The van der Waals surface area contributed by atoms with Gasteiger partial charge in [0.2, 0.25) is 0 Å². The van der Waals surface area contributed by atoms with Crippen LogP contribution in [0.15, 0.2) is 18.2 Å². The summed E-state index contributed by atoms with van der Waals surface area (Å²) in [5.41, 5.74) is 0.835. The molecule has 78 valence electrons. The number of rotatable bonds is 2. The first-order valence-electron chi connectivity index (χ1n) is 4.53. The van der Waals surface area contributed by atoms with Gasteiger partial charge in [-0.15, -0.1) is 0 Å². The molecule has 0 unspecified atom stereocenters. The van der Waals surface area contributed by atoms with Crippen molar-refractivity contribution in [3.63, 3.8) is 0 Å². The Labute approximate surface area is 91.1 Å². The van der Waals surface area contributed by atoms with E-state index in [9.17, 15) is 4.79 Å². The Morgan fingerprint density at radius 2 is 2.33 bits per heavy atom. The number of carboxylic acids is 1. The van der Waals surface area contributed by atoms with E-state index in [0.29, 0.717) is 17.2 Å². The number of aryl methyl sites for hydroxylation is 1. The second-order valence-electron chi connectivity index (χ2n) is 3.14. The Morgan fingerprint density at radius 3 is 2.93 bits per heavy atom. The van der Waals surface area contributed by atoms with E-state index in [1.54, 1.807) is 10.7 Å². The van der Waals surface area contributed by atoms with Crippen molar-refractivity contribution in [2.75, 3.05) is 0 Å². The highest BCUT2D eigenvalue weighted by molar-refractivity contribution is 6.34. The van der Waals surface area contributed by atoms with Crippen LogP contribution in [0.1, 0.15) is 17.3 Å². The van der Waals surface area contributed by atoms with Crippen LogP contribution in [0.3, 0.4) is 0 Å². The Balaban J connectivity index is 2.68. The van der Waals surface area contributed by atoms with Crippen LogP contribution in [0.2, 0.25) is 5.15 Å². The maximum Gasteiger partial charge on any atom is 0.335 e. The fourth-order valence-electron chi connectivity index (χ4n) is 1.44. The summed E-state index contributed by atoms with van der Waals surface area (Å²) < 4.78 is 1.64. The first-order valence-corrected chi connectivity index (χ1v) is 4.90. The molecule has 0 amide bonds. The number of aromatic carboxylic acids is 1. The molecule has 1 heterocycles. The summed E-state index contributed by atoms with van der Waals surface area (Å²) in [6.45, 7) is 2.59. The summed E-state index contributed by atoms with van der Waals surface area (Å²) >= 11 is 6.04. The Kier molecular flexibility index (Phi) is 2.36. The molecule has 2 aromatic rings. The van der Waals surface area contributed by atoms with Crippen molar-refractivity contribution >= 4 is 28.5 Å². The third kappa shape index (κ3) is 1.57. The highest BCUT2D eigenvalue weighted by Crippen LogP contribution is 2.24. The minimum Gasteiger partial charge on any atom is -0.478 e. The highest BCUT2D eigenvalue weighted by Gasteiger charge is 2.10. The molecular formula is C10H9ClN2O2. The molecule has 1 N–H and O–H groups in total. The zero-order valence-electron chi connectivity index (χ0n) is 8.07. The zero-order chi connectivity index (χ0) is 11.0. The van der Waals surface area contributed by atoms with Gasteiger partial charge >= 0.3 is 5.97 Å². The van der Waals surface area contributed by atoms with E-state index in [2.05, 4.69) is 5.10 Å². The van der Waals surface area contributed by atoms with Gasteiger partial charge in [0.25, 0.3) is 0 Å². The van der Waals surface area contributed by atoms with Crippen molar-refractivity contribution in [2.45, 2.75) is 13.5 Å². The first-order chi connectivity index (χ1) is 7.13.